The quantitative estimate of drug-likeness (QED) is 0.243. The number of aromatic nitrogens is 3. The third-order valence-corrected chi connectivity index (χ3v) is 7.78. The minimum atomic E-state index is 0.187. The zero-order chi connectivity index (χ0) is 24.1. The molecule has 0 saturated heterocycles. The van der Waals surface area contributed by atoms with E-state index in [1.807, 2.05) is 30.3 Å². The molecule has 3 nitrogen and oxygen atoms in total. The zero-order valence-electron chi connectivity index (χ0n) is 19.0. The Bertz CT molecular complexity index is 1910. The number of hydrogen-bond donors (Lipinski definition) is 0. The van der Waals surface area contributed by atoms with E-state index in [-0.39, 0.29) is 5.28 Å². The van der Waals surface area contributed by atoms with Crippen molar-refractivity contribution in [3.8, 4) is 33.9 Å². The van der Waals surface area contributed by atoms with Crippen LogP contribution in [-0.4, -0.2) is 15.0 Å². The molecule has 7 aromatic rings. The van der Waals surface area contributed by atoms with Crippen molar-refractivity contribution in [1.82, 2.24) is 15.0 Å². The third kappa shape index (κ3) is 3.54. The highest BCUT2D eigenvalue weighted by Crippen LogP contribution is 2.41. The lowest BCUT2D eigenvalue weighted by molar-refractivity contribution is 1.07. The van der Waals surface area contributed by atoms with Gasteiger partial charge in [0.25, 0.3) is 0 Å². The van der Waals surface area contributed by atoms with Crippen LogP contribution < -0.4 is 0 Å². The van der Waals surface area contributed by atoms with Gasteiger partial charge in [-0.1, -0.05) is 91.0 Å². The molecule has 0 aliphatic carbocycles. The van der Waals surface area contributed by atoms with Crippen LogP contribution in [0.4, 0.5) is 0 Å². The summed E-state index contributed by atoms with van der Waals surface area (Å²) in [6.07, 6.45) is 0. The van der Waals surface area contributed by atoms with Crippen LogP contribution >= 0.6 is 22.9 Å². The van der Waals surface area contributed by atoms with E-state index in [0.717, 1.165) is 16.5 Å². The predicted octanol–water partition coefficient (Wildman–Crippen LogP) is 9.05. The van der Waals surface area contributed by atoms with Gasteiger partial charge in [0.2, 0.25) is 5.28 Å². The van der Waals surface area contributed by atoms with Crippen LogP contribution in [0.15, 0.2) is 109 Å². The monoisotopic (exact) mass is 499 g/mol. The van der Waals surface area contributed by atoms with Gasteiger partial charge in [-0.05, 0) is 51.7 Å². The van der Waals surface area contributed by atoms with Gasteiger partial charge in [-0.15, -0.1) is 11.3 Å². The molecule has 5 heteroatoms. The number of hydrogen-bond acceptors (Lipinski definition) is 4. The summed E-state index contributed by atoms with van der Waals surface area (Å²) in [4.78, 5) is 13.8. The van der Waals surface area contributed by atoms with Crippen LogP contribution in [-0.2, 0) is 0 Å². The molecule has 170 valence electrons. The van der Waals surface area contributed by atoms with Crippen LogP contribution in [0.1, 0.15) is 0 Å². The lowest BCUT2D eigenvalue weighted by atomic mass is 9.96. The average molecular weight is 500 g/mol. The molecule has 0 atom stereocenters. The number of halogens is 1. The Kier molecular flexibility index (Phi) is 5.01. The van der Waals surface area contributed by atoms with E-state index in [9.17, 15) is 0 Å². The molecule has 0 spiro atoms. The number of nitrogens with zero attached hydrogens (tertiary/aromatic N) is 3. The lowest BCUT2D eigenvalue weighted by Gasteiger charge is -2.09. The Morgan fingerprint density at radius 3 is 2.19 bits per heavy atom. The molecule has 0 N–H and O–H groups in total. The lowest BCUT2D eigenvalue weighted by Crippen LogP contribution is -1.97. The maximum absolute atomic E-state index is 6.39. The summed E-state index contributed by atoms with van der Waals surface area (Å²) in [5, 5.41) is 5.00. The van der Waals surface area contributed by atoms with Crippen LogP contribution in [0.5, 0.6) is 0 Å². The number of rotatable bonds is 3. The summed E-state index contributed by atoms with van der Waals surface area (Å²) in [7, 11) is 0. The van der Waals surface area contributed by atoms with Gasteiger partial charge < -0.3 is 0 Å². The molecular formula is C31H18ClN3S. The van der Waals surface area contributed by atoms with Crippen molar-refractivity contribution in [3.05, 3.63) is 114 Å². The molecule has 2 heterocycles. The first-order chi connectivity index (χ1) is 17.7. The van der Waals surface area contributed by atoms with Crippen LogP contribution in [0.3, 0.4) is 0 Å². The smallest absolute Gasteiger partial charge is 0.208 e. The van der Waals surface area contributed by atoms with Crippen molar-refractivity contribution < 1.29 is 0 Å². The maximum atomic E-state index is 6.39. The predicted molar refractivity (Wildman–Crippen MR) is 152 cm³/mol. The van der Waals surface area contributed by atoms with E-state index in [1.165, 1.54) is 36.7 Å². The molecule has 36 heavy (non-hydrogen) atoms. The van der Waals surface area contributed by atoms with E-state index in [2.05, 4.69) is 88.8 Å². The fraction of sp³-hybridized carbons (Fsp3) is 0. The highest BCUT2D eigenvalue weighted by molar-refractivity contribution is 7.25. The van der Waals surface area contributed by atoms with Gasteiger partial charge in [0.1, 0.15) is 0 Å². The molecule has 0 amide bonds. The van der Waals surface area contributed by atoms with Gasteiger partial charge in [0, 0.05) is 31.3 Å². The summed E-state index contributed by atoms with van der Waals surface area (Å²) in [5.74, 6) is 1.15. The van der Waals surface area contributed by atoms with Gasteiger partial charge in [0.05, 0.1) is 0 Å². The standard InChI is InChI=1S/C31H18ClN3S/c32-31-34-29(20-9-2-1-3-10-20)33-30(35-31)24-14-7-15-27-28(24)25-18-21(16-17-26(25)36-27)23-13-6-11-19-8-4-5-12-22(19)23/h1-18H. The number of thiophene rings is 1. The van der Waals surface area contributed by atoms with Crippen molar-refractivity contribution in [3.63, 3.8) is 0 Å². The van der Waals surface area contributed by atoms with Gasteiger partial charge in [-0.2, -0.15) is 9.97 Å². The van der Waals surface area contributed by atoms with E-state index in [0.29, 0.717) is 11.6 Å². The molecule has 0 fully saturated rings. The molecular weight excluding hydrogens is 482 g/mol. The Balaban J connectivity index is 1.47. The van der Waals surface area contributed by atoms with Crippen molar-refractivity contribution >= 4 is 53.9 Å². The fourth-order valence-corrected chi connectivity index (χ4v) is 6.12. The molecule has 2 aromatic heterocycles. The van der Waals surface area contributed by atoms with Gasteiger partial charge in [0.15, 0.2) is 11.6 Å². The first kappa shape index (κ1) is 21.2. The molecule has 5 aromatic carbocycles. The summed E-state index contributed by atoms with van der Waals surface area (Å²) in [6.45, 7) is 0. The minimum Gasteiger partial charge on any atom is -0.208 e. The molecule has 0 aliphatic heterocycles. The molecule has 0 unspecified atom stereocenters. The molecule has 0 saturated carbocycles. The first-order valence-corrected chi connectivity index (χ1v) is 12.8. The zero-order valence-corrected chi connectivity index (χ0v) is 20.6. The molecule has 0 radical (unpaired) electrons. The van der Waals surface area contributed by atoms with Crippen LogP contribution in [0.2, 0.25) is 5.28 Å². The van der Waals surface area contributed by atoms with Crippen LogP contribution in [0.25, 0.3) is 64.8 Å². The fourth-order valence-electron chi connectivity index (χ4n) is 4.84. The molecule has 0 aliphatic rings. The second kappa shape index (κ2) is 8.52. The SMILES string of the molecule is Clc1nc(-c2ccccc2)nc(-c2cccc3sc4ccc(-c5cccc6ccccc56)cc4c23)n1. The normalized spacial score (nSPS) is 11.5. The summed E-state index contributed by atoms with van der Waals surface area (Å²) in [5.41, 5.74) is 4.27. The molecule has 7 rings (SSSR count). The number of benzene rings is 5. The van der Waals surface area contributed by atoms with Crippen molar-refractivity contribution in [1.29, 1.82) is 0 Å². The summed E-state index contributed by atoms with van der Waals surface area (Å²) >= 11 is 8.17. The first-order valence-electron chi connectivity index (χ1n) is 11.7. The Hall–Kier alpha value is -4.12. The average Bonchev–Trinajstić information content (AvgIpc) is 3.31. The van der Waals surface area contributed by atoms with Crippen molar-refractivity contribution in [2.24, 2.45) is 0 Å². The minimum absolute atomic E-state index is 0.187. The second-order valence-electron chi connectivity index (χ2n) is 8.64. The largest absolute Gasteiger partial charge is 0.226 e. The van der Waals surface area contributed by atoms with Crippen LogP contribution in [0, 0.1) is 0 Å². The topological polar surface area (TPSA) is 38.7 Å². The van der Waals surface area contributed by atoms with E-state index >= 15 is 0 Å². The van der Waals surface area contributed by atoms with E-state index in [1.54, 1.807) is 11.3 Å². The maximum Gasteiger partial charge on any atom is 0.226 e. The van der Waals surface area contributed by atoms with Gasteiger partial charge in [-0.25, -0.2) is 4.98 Å². The van der Waals surface area contributed by atoms with Crippen molar-refractivity contribution in [2.75, 3.05) is 0 Å². The Morgan fingerprint density at radius 1 is 0.528 bits per heavy atom. The second-order valence-corrected chi connectivity index (χ2v) is 10.1. The highest BCUT2D eigenvalue weighted by atomic mass is 35.5. The molecule has 0 bridgehead atoms. The third-order valence-electron chi connectivity index (χ3n) is 6.48. The van der Waals surface area contributed by atoms with Crippen molar-refractivity contribution in [2.45, 2.75) is 0 Å². The number of fused-ring (bicyclic) bond motifs is 4. The summed E-state index contributed by atoms with van der Waals surface area (Å²) < 4.78 is 2.42. The van der Waals surface area contributed by atoms with Gasteiger partial charge >= 0.3 is 0 Å². The Morgan fingerprint density at radius 2 is 1.28 bits per heavy atom. The van der Waals surface area contributed by atoms with E-state index < -0.39 is 0 Å². The Labute approximate surface area is 216 Å². The summed E-state index contributed by atoms with van der Waals surface area (Å²) in [6, 6.07) is 37.9. The van der Waals surface area contributed by atoms with Gasteiger partial charge in [-0.3, -0.25) is 0 Å². The van der Waals surface area contributed by atoms with E-state index in [4.69, 9.17) is 16.6 Å². The highest BCUT2D eigenvalue weighted by Gasteiger charge is 2.16.